The number of benzene rings is 1. The second-order valence-corrected chi connectivity index (χ2v) is 9.00. The summed E-state index contributed by atoms with van der Waals surface area (Å²) in [6.45, 7) is 3.70. The van der Waals surface area contributed by atoms with Crippen molar-refractivity contribution in [3.05, 3.63) is 35.9 Å². The Bertz CT molecular complexity index is 882. The first-order valence-corrected chi connectivity index (χ1v) is 11.9. The molecule has 0 aliphatic heterocycles. The van der Waals surface area contributed by atoms with Crippen LogP contribution >= 0.6 is 12.6 Å². The number of hydrogen-bond acceptors (Lipinski definition) is 7. The number of hydrogen-bond donors (Lipinski definition) is 7. The van der Waals surface area contributed by atoms with Crippen LogP contribution in [0.15, 0.2) is 30.3 Å². The van der Waals surface area contributed by atoms with Crippen LogP contribution in [0.5, 0.6) is 0 Å². The Morgan fingerprint density at radius 2 is 1.46 bits per heavy atom. The van der Waals surface area contributed by atoms with Gasteiger partial charge in [-0.3, -0.25) is 19.2 Å². The molecule has 35 heavy (non-hydrogen) atoms. The maximum Gasteiger partial charge on any atom is 0.327 e. The second-order valence-electron chi connectivity index (χ2n) is 8.64. The first-order valence-electron chi connectivity index (χ1n) is 11.3. The fourth-order valence-corrected chi connectivity index (χ4v) is 3.45. The molecule has 0 radical (unpaired) electrons. The number of nitrogens with one attached hydrogen (secondary N) is 3. The van der Waals surface area contributed by atoms with Gasteiger partial charge in [0.25, 0.3) is 0 Å². The highest BCUT2D eigenvalue weighted by atomic mass is 32.1. The summed E-state index contributed by atoms with van der Waals surface area (Å²) in [6, 6.07) is 4.53. The molecule has 8 N–H and O–H groups in total. The molecule has 0 saturated heterocycles. The molecule has 11 nitrogen and oxygen atoms in total. The van der Waals surface area contributed by atoms with Gasteiger partial charge in [-0.2, -0.15) is 12.6 Å². The third-order valence-electron chi connectivity index (χ3n) is 5.09. The minimum atomic E-state index is -1.25. The number of amides is 4. The molecule has 12 heteroatoms. The van der Waals surface area contributed by atoms with Crippen molar-refractivity contribution in [2.24, 2.45) is 17.4 Å². The number of carbonyl (C=O) groups is 5. The van der Waals surface area contributed by atoms with Gasteiger partial charge in [0.15, 0.2) is 0 Å². The van der Waals surface area contributed by atoms with Crippen molar-refractivity contribution in [1.29, 1.82) is 0 Å². The summed E-state index contributed by atoms with van der Waals surface area (Å²) in [5.41, 5.74) is 11.7. The Morgan fingerprint density at radius 1 is 0.914 bits per heavy atom. The lowest BCUT2D eigenvalue weighted by Crippen LogP contribution is -2.58. The van der Waals surface area contributed by atoms with Crippen molar-refractivity contribution >= 4 is 42.2 Å². The molecule has 0 aliphatic carbocycles. The Hall–Kier alpha value is -3.12. The third-order valence-corrected chi connectivity index (χ3v) is 5.46. The molecule has 4 amide bonds. The van der Waals surface area contributed by atoms with E-state index in [-0.39, 0.29) is 37.4 Å². The first-order chi connectivity index (χ1) is 16.4. The van der Waals surface area contributed by atoms with Crippen LogP contribution in [0, 0.1) is 5.92 Å². The summed E-state index contributed by atoms with van der Waals surface area (Å²) in [5.74, 6) is -3.93. The van der Waals surface area contributed by atoms with E-state index in [1.54, 1.807) is 30.3 Å². The fraction of sp³-hybridized carbons (Fsp3) is 0.522. The molecule has 1 rings (SSSR count). The zero-order valence-corrected chi connectivity index (χ0v) is 20.8. The smallest absolute Gasteiger partial charge is 0.327 e. The molecule has 0 bridgehead atoms. The molecular weight excluding hydrogens is 474 g/mol. The SMILES string of the molecule is CC(C)CC(NC(=O)C(Cc1ccccc1)NC(=O)C(N)CCC(N)=O)C(=O)NC(CS)C(=O)O. The van der Waals surface area contributed by atoms with E-state index in [2.05, 4.69) is 28.6 Å². The van der Waals surface area contributed by atoms with E-state index in [0.717, 1.165) is 5.56 Å². The zero-order chi connectivity index (χ0) is 26.5. The second kappa shape index (κ2) is 15.0. The Kier molecular flexibility index (Phi) is 12.8. The highest BCUT2D eigenvalue weighted by Crippen LogP contribution is 2.09. The minimum Gasteiger partial charge on any atom is -0.480 e. The number of nitrogens with two attached hydrogens (primary N) is 2. The quantitative estimate of drug-likeness (QED) is 0.152. The average molecular weight is 510 g/mol. The predicted octanol–water partition coefficient (Wildman–Crippen LogP) is -0.663. The van der Waals surface area contributed by atoms with Crippen molar-refractivity contribution in [2.45, 2.75) is 63.7 Å². The number of rotatable bonds is 15. The number of aliphatic carboxylic acids is 1. The van der Waals surface area contributed by atoms with E-state index < -0.39 is 53.8 Å². The van der Waals surface area contributed by atoms with Crippen molar-refractivity contribution in [3.8, 4) is 0 Å². The number of primary amides is 1. The van der Waals surface area contributed by atoms with E-state index in [1.807, 2.05) is 13.8 Å². The summed E-state index contributed by atoms with van der Waals surface area (Å²) in [7, 11) is 0. The Morgan fingerprint density at radius 3 is 1.97 bits per heavy atom. The van der Waals surface area contributed by atoms with Crippen LogP contribution < -0.4 is 27.4 Å². The van der Waals surface area contributed by atoms with Gasteiger partial charge in [-0.25, -0.2) is 4.79 Å². The maximum atomic E-state index is 13.2. The van der Waals surface area contributed by atoms with Crippen LogP contribution in [0.25, 0.3) is 0 Å². The molecule has 0 aromatic heterocycles. The molecule has 194 valence electrons. The third kappa shape index (κ3) is 11.2. The minimum absolute atomic E-state index is 0.00489. The number of carboxylic acid groups (broad SMARTS) is 1. The normalized spacial score (nSPS) is 14.3. The van der Waals surface area contributed by atoms with E-state index in [1.165, 1.54) is 0 Å². The molecule has 1 aromatic rings. The van der Waals surface area contributed by atoms with Gasteiger partial charge >= 0.3 is 5.97 Å². The average Bonchev–Trinajstić information content (AvgIpc) is 2.79. The molecule has 4 atom stereocenters. The summed E-state index contributed by atoms with van der Waals surface area (Å²) in [5, 5.41) is 16.8. The van der Waals surface area contributed by atoms with Gasteiger partial charge < -0.3 is 32.5 Å². The van der Waals surface area contributed by atoms with E-state index in [4.69, 9.17) is 11.5 Å². The lowest BCUT2D eigenvalue weighted by atomic mass is 10.0. The predicted molar refractivity (Wildman–Crippen MR) is 133 cm³/mol. The molecule has 1 aromatic carbocycles. The number of thiol groups is 1. The number of carbonyl (C=O) groups excluding carboxylic acids is 4. The Labute approximate surface area is 210 Å². The maximum absolute atomic E-state index is 13.2. The Balaban J connectivity index is 3.06. The van der Waals surface area contributed by atoms with Crippen LogP contribution in [0.4, 0.5) is 0 Å². The number of carboxylic acids is 1. The lowest BCUT2D eigenvalue weighted by molar-refractivity contribution is -0.141. The van der Waals surface area contributed by atoms with Crippen LogP contribution in [-0.4, -0.2) is 64.6 Å². The van der Waals surface area contributed by atoms with Crippen molar-refractivity contribution in [2.75, 3.05) is 5.75 Å². The van der Waals surface area contributed by atoms with Gasteiger partial charge in [-0.15, -0.1) is 0 Å². The largest absolute Gasteiger partial charge is 0.480 e. The zero-order valence-electron chi connectivity index (χ0n) is 19.9. The van der Waals surface area contributed by atoms with E-state index in [9.17, 15) is 29.1 Å². The van der Waals surface area contributed by atoms with Crippen LogP contribution in [0.3, 0.4) is 0 Å². The van der Waals surface area contributed by atoms with Gasteiger partial charge in [-0.1, -0.05) is 44.2 Å². The lowest BCUT2D eigenvalue weighted by Gasteiger charge is -2.26. The van der Waals surface area contributed by atoms with Crippen LogP contribution in [0.1, 0.15) is 38.7 Å². The molecule has 0 fully saturated rings. The summed E-state index contributed by atoms with van der Waals surface area (Å²) in [4.78, 5) is 60.9. The van der Waals surface area contributed by atoms with E-state index in [0.29, 0.717) is 0 Å². The summed E-state index contributed by atoms with van der Waals surface area (Å²) >= 11 is 3.94. The summed E-state index contributed by atoms with van der Waals surface area (Å²) in [6.07, 6.45) is 0.280. The van der Waals surface area contributed by atoms with Crippen LogP contribution in [-0.2, 0) is 30.4 Å². The highest BCUT2D eigenvalue weighted by Gasteiger charge is 2.30. The molecule has 0 spiro atoms. The van der Waals surface area contributed by atoms with Gasteiger partial charge in [0.1, 0.15) is 18.1 Å². The monoisotopic (exact) mass is 509 g/mol. The van der Waals surface area contributed by atoms with Crippen molar-refractivity contribution < 1.29 is 29.1 Å². The molecular formula is C23H35N5O6S. The fourth-order valence-electron chi connectivity index (χ4n) is 3.20. The van der Waals surface area contributed by atoms with Crippen molar-refractivity contribution in [3.63, 3.8) is 0 Å². The van der Waals surface area contributed by atoms with Gasteiger partial charge in [0.2, 0.25) is 23.6 Å². The molecule has 0 aliphatic rings. The van der Waals surface area contributed by atoms with Crippen molar-refractivity contribution in [1.82, 2.24) is 16.0 Å². The molecule has 0 saturated carbocycles. The van der Waals surface area contributed by atoms with Gasteiger partial charge in [0, 0.05) is 18.6 Å². The first kappa shape index (κ1) is 29.9. The van der Waals surface area contributed by atoms with E-state index >= 15 is 0 Å². The molecule has 4 unspecified atom stereocenters. The van der Waals surface area contributed by atoms with Crippen LogP contribution in [0.2, 0.25) is 0 Å². The molecule has 0 heterocycles. The topological polar surface area (TPSA) is 194 Å². The van der Waals surface area contributed by atoms with Gasteiger partial charge in [-0.05, 0) is 24.3 Å². The summed E-state index contributed by atoms with van der Waals surface area (Å²) < 4.78 is 0. The standard InChI is InChI=1S/C23H35N5O6S/c1-13(2)10-16(21(31)28-18(12-35)23(33)34)27-22(32)17(11-14-6-4-3-5-7-14)26-20(30)15(24)8-9-19(25)29/h3-7,13,15-18,35H,8-12,24H2,1-2H3,(H2,25,29)(H,26,30)(H,27,32)(H,28,31)(H,33,34). The van der Waals surface area contributed by atoms with Gasteiger partial charge in [0.05, 0.1) is 6.04 Å². The highest BCUT2D eigenvalue weighted by molar-refractivity contribution is 7.80.